The summed E-state index contributed by atoms with van der Waals surface area (Å²) in [7, 11) is 0. The van der Waals surface area contributed by atoms with E-state index in [-0.39, 0.29) is 23.8 Å². The molecule has 3 aliphatic rings. The van der Waals surface area contributed by atoms with Gasteiger partial charge in [0.1, 0.15) is 6.04 Å². The van der Waals surface area contributed by atoms with Crippen molar-refractivity contribution in [2.75, 3.05) is 11.4 Å². The maximum Gasteiger partial charge on any atom is 0.256 e. The Bertz CT molecular complexity index is 1030. The smallest absolute Gasteiger partial charge is 0.256 e. The molecule has 2 fully saturated rings. The lowest BCUT2D eigenvalue weighted by molar-refractivity contribution is -0.122. The highest BCUT2D eigenvalue weighted by Gasteiger charge is 2.41. The average Bonchev–Trinajstić information content (AvgIpc) is 3.30. The highest BCUT2D eigenvalue weighted by atomic mass is 16.2. The van der Waals surface area contributed by atoms with Crippen LogP contribution in [-0.2, 0) is 11.3 Å². The Morgan fingerprint density at radius 1 is 0.906 bits per heavy atom. The molecule has 5 rings (SSSR count). The van der Waals surface area contributed by atoms with Crippen LogP contribution in [0.4, 0.5) is 5.69 Å². The first kappa shape index (κ1) is 20.7. The van der Waals surface area contributed by atoms with Crippen LogP contribution in [0.5, 0.6) is 0 Å². The number of nitrogens with one attached hydrogen (secondary N) is 1. The second-order valence-corrected chi connectivity index (χ2v) is 9.10. The van der Waals surface area contributed by atoms with Gasteiger partial charge in [-0.1, -0.05) is 43.5 Å². The fraction of sp³-hybridized carbons (Fsp3) is 0.423. The Hall–Kier alpha value is -3.15. The lowest BCUT2D eigenvalue weighted by Crippen LogP contribution is -2.44. The highest BCUT2D eigenvalue weighted by molar-refractivity contribution is 6.11. The molecule has 2 heterocycles. The standard InChI is InChI=1S/C26H29N3O3/c30-24(27-20-7-2-1-3-8-20)19-14-12-18(13-15-19)17-29-22-10-5-4-9-21(22)25(31)28-16-6-11-23(28)26(29)32/h4-5,9-10,12-15,20,23H,1-3,6-8,11,16-17H2,(H,27,30). The number of hydrogen-bond donors (Lipinski definition) is 1. The largest absolute Gasteiger partial charge is 0.349 e. The molecule has 1 atom stereocenters. The van der Waals surface area contributed by atoms with Crippen LogP contribution in [0.3, 0.4) is 0 Å². The molecule has 1 saturated heterocycles. The predicted molar refractivity (Wildman–Crippen MR) is 122 cm³/mol. The van der Waals surface area contributed by atoms with E-state index in [4.69, 9.17) is 0 Å². The zero-order valence-electron chi connectivity index (χ0n) is 18.3. The molecule has 32 heavy (non-hydrogen) atoms. The van der Waals surface area contributed by atoms with Gasteiger partial charge < -0.3 is 15.1 Å². The van der Waals surface area contributed by atoms with Crippen LogP contribution in [0.25, 0.3) is 0 Å². The number of anilines is 1. The Morgan fingerprint density at radius 3 is 2.44 bits per heavy atom. The maximum absolute atomic E-state index is 13.4. The van der Waals surface area contributed by atoms with Gasteiger partial charge in [0.2, 0.25) is 5.91 Å². The summed E-state index contributed by atoms with van der Waals surface area (Å²) >= 11 is 0. The molecule has 166 valence electrons. The molecule has 0 radical (unpaired) electrons. The summed E-state index contributed by atoms with van der Waals surface area (Å²) in [6, 6.07) is 14.7. The molecule has 6 heteroatoms. The molecule has 2 aromatic rings. The number of amides is 3. The van der Waals surface area contributed by atoms with Gasteiger partial charge in [0, 0.05) is 18.2 Å². The van der Waals surface area contributed by atoms with Crippen LogP contribution in [0.1, 0.15) is 71.2 Å². The van der Waals surface area contributed by atoms with E-state index in [1.54, 1.807) is 15.9 Å². The molecule has 1 saturated carbocycles. The van der Waals surface area contributed by atoms with Crippen LogP contribution >= 0.6 is 0 Å². The summed E-state index contributed by atoms with van der Waals surface area (Å²) in [5, 5.41) is 3.15. The number of para-hydroxylation sites is 1. The number of rotatable bonds is 4. The van der Waals surface area contributed by atoms with E-state index >= 15 is 0 Å². The SMILES string of the molecule is O=C(NC1CCCCC1)c1ccc(CN2C(=O)C3CCCN3C(=O)c3ccccc32)cc1. The Balaban J connectivity index is 1.35. The number of benzene rings is 2. The lowest BCUT2D eigenvalue weighted by atomic mass is 9.95. The summed E-state index contributed by atoms with van der Waals surface area (Å²) in [5.74, 6) is -0.125. The van der Waals surface area contributed by atoms with E-state index in [0.29, 0.717) is 36.3 Å². The molecule has 2 aromatic carbocycles. The van der Waals surface area contributed by atoms with Gasteiger partial charge in [-0.25, -0.2) is 0 Å². The first-order valence-corrected chi connectivity index (χ1v) is 11.7. The number of hydrogen-bond acceptors (Lipinski definition) is 3. The second kappa shape index (κ2) is 8.77. The van der Waals surface area contributed by atoms with Gasteiger partial charge in [-0.05, 0) is 55.5 Å². The fourth-order valence-corrected chi connectivity index (χ4v) is 5.23. The Labute approximate surface area is 188 Å². The first-order valence-electron chi connectivity index (χ1n) is 11.7. The summed E-state index contributed by atoms with van der Waals surface area (Å²) < 4.78 is 0. The first-order chi connectivity index (χ1) is 15.6. The third kappa shape index (κ3) is 3.90. The van der Waals surface area contributed by atoms with Gasteiger partial charge in [-0.2, -0.15) is 0 Å². The topological polar surface area (TPSA) is 69.7 Å². The molecule has 1 N–H and O–H groups in total. The summed E-state index contributed by atoms with van der Waals surface area (Å²) in [5.41, 5.74) is 2.81. The van der Waals surface area contributed by atoms with Crippen molar-refractivity contribution in [2.24, 2.45) is 0 Å². The minimum atomic E-state index is -0.393. The van der Waals surface area contributed by atoms with Gasteiger partial charge in [-0.3, -0.25) is 14.4 Å². The van der Waals surface area contributed by atoms with Crippen molar-refractivity contribution >= 4 is 23.4 Å². The summed E-state index contributed by atoms with van der Waals surface area (Å²) in [6.45, 7) is 1.00. The quantitative estimate of drug-likeness (QED) is 0.798. The summed E-state index contributed by atoms with van der Waals surface area (Å²) in [6.07, 6.45) is 7.27. The molecule has 0 spiro atoms. The van der Waals surface area contributed by atoms with Gasteiger partial charge in [0.15, 0.2) is 0 Å². The van der Waals surface area contributed by atoms with E-state index in [1.165, 1.54) is 19.3 Å². The minimum Gasteiger partial charge on any atom is -0.349 e. The van der Waals surface area contributed by atoms with Crippen molar-refractivity contribution in [3.8, 4) is 0 Å². The molecule has 0 aromatic heterocycles. The van der Waals surface area contributed by atoms with Gasteiger partial charge in [0.25, 0.3) is 11.8 Å². The second-order valence-electron chi connectivity index (χ2n) is 9.10. The third-order valence-corrected chi connectivity index (χ3v) is 6.99. The van der Waals surface area contributed by atoms with Crippen LogP contribution in [-0.4, -0.2) is 41.2 Å². The Kier molecular flexibility index (Phi) is 5.68. The fourth-order valence-electron chi connectivity index (χ4n) is 5.23. The number of carbonyl (C=O) groups excluding carboxylic acids is 3. The van der Waals surface area contributed by atoms with E-state index in [1.807, 2.05) is 42.5 Å². The predicted octanol–water partition coefficient (Wildman–Crippen LogP) is 3.90. The van der Waals surface area contributed by atoms with Crippen molar-refractivity contribution in [2.45, 2.75) is 63.6 Å². The van der Waals surface area contributed by atoms with Crippen molar-refractivity contribution in [3.05, 3.63) is 65.2 Å². The highest BCUT2D eigenvalue weighted by Crippen LogP contribution is 2.33. The molecule has 1 unspecified atom stereocenters. The van der Waals surface area contributed by atoms with Crippen LogP contribution in [0.2, 0.25) is 0 Å². The molecule has 2 aliphatic heterocycles. The Morgan fingerprint density at radius 2 is 1.66 bits per heavy atom. The van der Waals surface area contributed by atoms with Gasteiger partial charge >= 0.3 is 0 Å². The molecular weight excluding hydrogens is 402 g/mol. The van der Waals surface area contributed by atoms with E-state index < -0.39 is 6.04 Å². The van der Waals surface area contributed by atoms with Gasteiger partial charge in [0.05, 0.1) is 17.8 Å². The van der Waals surface area contributed by atoms with Crippen LogP contribution < -0.4 is 10.2 Å². The van der Waals surface area contributed by atoms with Crippen molar-refractivity contribution in [3.63, 3.8) is 0 Å². The maximum atomic E-state index is 13.4. The van der Waals surface area contributed by atoms with Crippen molar-refractivity contribution < 1.29 is 14.4 Å². The number of fused-ring (bicyclic) bond motifs is 2. The van der Waals surface area contributed by atoms with E-state index in [0.717, 1.165) is 24.8 Å². The van der Waals surface area contributed by atoms with Gasteiger partial charge in [-0.15, -0.1) is 0 Å². The normalized spacial score (nSPS) is 21.2. The number of carbonyl (C=O) groups is 3. The van der Waals surface area contributed by atoms with Crippen molar-refractivity contribution in [1.82, 2.24) is 10.2 Å². The minimum absolute atomic E-state index is 0.0279. The average molecular weight is 432 g/mol. The molecule has 6 nitrogen and oxygen atoms in total. The summed E-state index contributed by atoms with van der Waals surface area (Å²) in [4.78, 5) is 42.5. The van der Waals surface area contributed by atoms with Crippen LogP contribution in [0.15, 0.2) is 48.5 Å². The molecular formula is C26H29N3O3. The van der Waals surface area contributed by atoms with E-state index in [2.05, 4.69) is 5.32 Å². The lowest BCUT2D eigenvalue weighted by Gasteiger charge is -2.26. The number of nitrogens with zero attached hydrogens (tertiary/aromatic N) is 2. The van der Waals surface area contributed by atoms with Crippen molar-refractivity contribution in [1.29, 1.82) is 0 Å². The molecule has 3 amide bonds. The zero-order valence-corrected chi connectivity index (χ0v) is 18.3. The monoisotopic (exact) mass is 431 g/mol. The van der Waals surface area contributed by atoms with E-state index in [9.17, 15) is 14.4 Å². The van der Waals surface area contributed by atoms with Crippen LogP contribution in [0, 0.1) is 0 Å². The molecule has 1 aliphatic carbocycles. The zero-order chi connectivity index (χ0) is 22.1. The third-order valence-electron chi connectivity index (χ3n) is 6.99. The molecule has 0 bridgehead atoms.